The molecule has 1 amide bonds. The maximum Gasteiger partial charge on any atom is 0.312 e. The van der Waals surface area contributed by atoms with Gasteiger partial charge in [-0.25, -0.2) is 4.98 Å². The number of esters is 1. The predicted molar refractivity (Wildman–Crippen MR) is 93.4 cm³/mol. The number of nitrogens with zero attached hydrogens (tertiary/aromatic N) is 1. The summed E-state index contributed by atoms with van der Waals surface area (Å²) in [4.78, 5) is 27.7. The summed E-state index contributed by atoms with van der Waals surface area (Å²) >= 11 is 13.7. The molecule has 0 aliphatic heterocycles. The van der Waals surface area contributed by atoms with Crippen LogP contribution in [0.1, 0.15) is 18.5 Å². The number of carbonyl (C=O) groups excluding carboxylic acids is 2. The molecule has 1 aromatic carbocycles. The van der Waals surface area contributed by atoms with Crippen molar-refractivity contribution in [3.8, 4) is 10.6 Å². The van der Waals surface area contributed by atoms with Crippen molar-refractivity contribution in [1.82, 2.24) is 10.3 Å². The number of benzene rings is 1. The van der Waals surface area contributed by atoms with Gasteiger partial charge in [0, 0.05) is 17.0 Å². The quantitative estimate of drug-likeness (QED) is 0.774. The summed E-state index contributed by atoms with van der Waals surface area (Å²) in [6.45, 7) is -0.261. The van der Waals surface area contributed by atoms with Crippen LogP contribution in [0.25, 0.3) is 10.6 Å². The minimum absolute atomic E-state index is 0.00468. The lowest BCUT2D eigenvalue weighted by Gasteiger charge is -2.04. The molecular formula is C16H14Cl2N2O3S. The Morgan fingerprint density at radius 1 is 1.29 bits per heavy atom. The highest BCUT2D eigenvalue weighted by atomic mass is 35.5. The predicted octanol–water partition coefficient (Wildman–Crippen LogP) is 3.48. The number of hydrogen-bond donors (Lipinski definition) is 1. The molecule has 2 aromatic rings. The molecule has 1 saturated carbocycles. The lowest BCUT2D eigenvalue weighted by atomic mass is 10.2. The maximum atomic E-state index is 11.8. The van der Waals surface area contributed by atoms with Gasteiger partial charge in [0.2, 0.25) is 0 Å². The van der Waals surface area contributed by atoms with Gasteiger partial charge in [-0.2, -0.15) is 0 Å². The highest BCUT2D eigenvalue weighted by Crippen LogP contribution is 2.36. The zero-order valence-electron chi connectivity index (χ0n) is 12.6. The summed E-state index contributed by atoms with van der Waals surface area (Å²) in [5, 5.41) is 6.15. The third-order valence-corrected chi connectivity index (χ3v) is 4.90. The molecule has 1 heterocycles. The Hall–Kier alpha value is -1.63. The van der Waals surface area contributed by atoms with Crippen LogP contribution in [0, 0.1) is 0 Å². The molecule has 1 N–H and O–H groups in total. The molecule has 0 unspecified atom stereocenters. The first kappa shape index (κ1) is 17.2. The molecule has 0 spiro atoms. The second-order valence-corrected chi connectivity index (χ2v) is 7.09. The van der Waals surface area contributed by atoms with Crippen LogP contribution >= 0.6 is 34.5 Å². The molecule has 24 heavy (non-hydrogen) atoms. The second kappa shape index (κ2) is 7.51. The van der Waals surface area contributed by atoms with Gasteiger partial charge < -0.3 is 10.1 Å². The smallest absolute Gasteiger partial charge is 0.312 e. The van der Waals surface area contributed by atoms with Gasteiger partial charge in [-0.1, -0.05) is 29.3 Å². The van der Waals surface area contributed by atoms with Gasteiger partial charge in [0.1, 0.15) is 5.01 Å². The van der Waals surface area contributed by atoms with Crippen molar-refractivity contribution in [3.63, 3.8) is 0 Å². The number of thiazole rings is 1. The fraction of sp³-hybridized carbons (Fsp3) is 0.312. The van der Waals surface area contributed by atoms with Crippen LogP contribution in [-0.2, 0) is 20.7 Å². The van der Waals surface area contributed by atoms with E-state index in [0.717, 1.165) is 12.8 Å². The van der Waals surface area contributed by atoms with Crippen molar-refractivity contribution in [1.29, 1.82) is 0 Å². The molecular weight excluding hydrogens is 371 g/mol. The van der Waals surface area contributed by atoms with E-state index >= 15 is 0 Å². The van der Waals surface area contributed by atoms with Crippen molar-refractivity contribution in [2.24, 2.45) is 0 Å². The third kappa shape index (κ3) is 4.47. The summed E-state index contributed by atoms with van der Waals surface area (Å²) in [7, 11) is 0. The maximum absolute atomic E-state index is 11.8. The number of carbonyl (C=O) groups is 2. The lowest BCUT2D eigenvalue weighted by Crippen LogP contribution is -2.30. The molecule has 8 heteroatoms. The summed E-state index contributed by atoms with van der Waals surface area (Å²) < 4.78 is 4.96. The zero-order valence-corrected chi connectivity index (χ0v) is 14.9. The first-order valence-electron chi connectivity index (χ1n) is 7.36. The largest absolute Gasteiger partial charge is 0.455 e. The number of halogens is 2. The van der Waals surface area contributed by atoms with Crippen LogP contribution in [0.3, 0.4) is 0 Å². The molecule has 1 aliphatic carbocycles. The van der Waals surface area contributed by atoms with Gasteiger partial charge in [-0.3, -0.25) is 9.59 Å². The minimum atomic E-state index is -0.497. The second-order valence-electron chi connectivity index (χ2n) is 5.42. The SMILES string of the molecule is O=C(COC(=O)Cc1csc(-c2c(Cl)cccc2Cl)n1)NC1CC1. The van der Waals surface area contributed by atoms with E-state index in [9.17, 15) is 9.59 Å². The normalized spacial score (nSPS) is 13.6. The van der Waals surface area contributed by atoms with Crippen molar-refractivity contribution < 1.29 is 14.3 Å². The van der Waals surface area contributed by atoms with Crippen molar-refractivity contribution >= 4 is 46.4 Å². The molecule has 5 nitrogen and oxygen atoms in total. The summed E-state index contributed by atoms with van der Waals surface area (Å²) in [6.07, 6.45) is 1.98. The third-order valence-electron chi connectivity index (χ3n) is 3.36. The number of nitrogens with one attached hydrogen (secondary N) is 1. The van der Waals surface area contributed by atoms with Crippen LogP contribution in [0.15, 0.2) is 23.6 Å². The zero-order chi connectivity index (χ0) is 17.1. The van der Waals surface area contributed by atoms with Crippen LogP contribution in [0.5, 0.6) is 0 Å². The summed E-state index contributed by atoms with van der Waals surface area (Å²) in [5.41, 5.74) is 1.20. The Morgan fingerprint density at radius 3 is 2.67 bits per heavy atom. The summed E-state index contributed by atoms with van der Waals surface area (Å²) in [5.74, 6) is -0.768. The van der Waals surface area contributed by atoms with Crippen LogP contribution in [0.4, 0.5) is 0 Å². The fourth-order valence-corrected chi connectivity index (χ4v) is 3.63. The molecule has 1 fully saturated rings. The van der Waals surface area contributed by atoms with Gasteiger partial charge in [0.15, 0.2) is 6.61 Å². The van der Waals surface area contributed by atoms with E-state index < -0.39 is 5.97 Å². The minimum Gasteiger partial charge on any atom is -0.455 e. The van der Waals surface area contributed by atoms with E-state index in [1.165, 1.54) is 11.3 Å². The number of hydrogen-bond acceptors (Lipinski definition) is 5. The molecule has 1 aliphatic rings. The van der Waals surface area contributed by atoms with E-state index in [-0.39, 0.29) is 25.0 Å². The van der Waals surface area contributed by atoms with Gasteiger partial charge in [0.25, 0.3) is 5.91 Å². The topological polar surface area (TPSA) is 68.3 Å². The monoisotopic (exact) mass is 384 g/mol. The molecule has 0 saturated heterocycles. The van der Waals surface area contributed by atoms with E-state index in [0.29, 0.717) is 26.3 Å². The number of rotatable bonds is 6. The van der Waals surface area contributed by atoms with Crippen LogP contribution in [-0.4, -0.2) is 29.5 Å². The highest BCUT2D eigenvalue weighted by molar-refractivity contribution is 7.13. The Labute approximate surface area is 152 Å². The summed E-state index contributed by atoms with van der Waals surface area (Å²) in [6, 6.07) is 5.47. The standard InChI is InChI=1S/C16H14Cl2N2O3S/c17-11-2-1-3-12(18)15(11)16-20-10(8-24-16)6-14(22)23-7-13(21)19-9-4-5-9/h1-3,8-9H,4-7H2,(H,19,21). The van der Waals surface area contributed by atoms with Crippen molar-refractivity contribution in [2.45, 2.75) is 25.3 Å². The molecule has 0 bridgehead atoms. The molecule has 0 radical (unpaired) electrons. The Balaban J connectivity index is 1.57. The number of aromatic nitrogens is 1. The van der Waals surface area contributed by atoms with Crippen LogP contribution < -0.4 is 5.32 Å². The molecule has 3 rings (SSSR count). The van der Waals surface area contributed by atoms with Crippen LogP contribution in [0.2, 0.25) is 10.0 Å². The lowest BCUT2D eigenvalue weighted by molar-refractivity contribution is -0.147. The molecule has 126 valence electrons. The Morgan fingerprint density at radius 2 is 2.00 bits per heavy atom. The molecule has 1 aromatic heterocycles. The van der Waals surface area contributed by atoms with E-state index in [4.69, 9.17) is 27.9 Å². The molecule has 0 atom stereocenters. The fourth-order valence-electron chi connectivity index (χ4n) is 2.05. The number of amides is 1. The van der Waals surface area contributed by atoms with Gasteiger partial charge in [0.05, 0.1) is 22.2 Å². The van der Waals surface area contributed by atoms with E-state index in [1.54, 1.807) is 23.6 Å². The van der Waals surface area contributed by atoms with Gasteiger partial charge >= 0.3 is 5.97 Å². The van der Waals surface area contributed by atoms with Gasteiger partial charge in [-0.15, -0.1) is 11.3 Å². The average Bonchev–Trinajstić information content (AvgIpc) is 3.23. The van der Waals surface area contributed by atoms with E-state index in [1.807, 2.05) is 0 Å². The van der Waals surface area contributed by atoms with Crippen molar-refractivity contribution in [2.75, 3.05) is 6.61 Å². The van der Waals surface area contributed by atoms with E-state index in [2.05, 4.69) is 10.3 Å². The first-order valence-corrected chi connectivity index (χ1v) is 9.00. The highest BCUT2D eigenvalue weighted by Gasteiger charge is 2.23. The van der Waals surface area contributed by atoms with Crippen molar-refractivity contribution in [3.05, 3.63) is 39.3 Å². The van der Waals surface area contributed by atoms with Gasteiger partial charge in [-0.05, 0) is 25.0 Å². The first-order chi connectivity index (χ1) is 11.5. The number of ether oxygens (including phenoxy) is 1. The Bertz CT molecular complexity index is 754. The average molecular weight is 385 g/mol. The Kier molecular flexibility index (Phi) is 5.38.